The maximum Gasteiger partial charge on any atom is 0.344 e. The van der Waals surface area contributed by atoms with E-state index in [4.69, 9.17) is 9.47 Å². The van der Waals surface area contributed by atoms with Gasteiger partial charge in [-0.25, -0.2) is 9.18 Å². The molecule has 0 unspecified atom stereocenters. The van der Waals surface area contributed by atoms with Crippen LogP contribution in [0.2, 0.25) is 0 Å². The molecule has 2 aromatic rings. The summed E-state index contributed by atoms with van der Waals surface area (Å²) in [6, 6.07) is 9.16. The molecule has 30 heavy (non-hydrogen) atoms. The van der Waals surface area contributed by atoms with Gasteiger partial charge in [0.05, 0.1) is 17.1 Å². The maximum atomic E-state index is 13.6. The molecule has 0 bridgehead atoms. The summed E-state index contributed by atoms with van der Waals surface area (Å²) in [6.45, 7) is 3.80. The third-order valence-electron chi connectivity index (χ3n) is 4.07. The van der Waals surface area contributed by atoms with E-state index in [1.54, 1.807) is 6.07 Å². The number of amides is 1. The van der Waals surface area contributed by atoms with Crippen LogP contribution in [-0.2, 0) is 16.1 Å². The van der Waals surface area contributed by atoms with Gasteiger partial charge in [-0.05, 0) is 30.0 Å². The summed E-state index contributed by atoms with van der Waals surface area (Å²) in [4.78, 5) is 34.6. The molecule has 2 rings (SSSR count). The van der Waals surface area contributed by atoms with E-state index >= 15 is 0 Å². The third-order valence-corrected chi connectivity index (χ3v) is 4.07. The number of carbonyl (C=O) groups is 2. The first-order valence-corrected chi connectivity index (χ1v) is 9.35. The highest BCUT2D eigenvalue weighted by molar-refractivity contribution is 5.97. The quantitative estimate of drug-likeness (QED) is 0.359. The van der Waals surface area contributed by atoms with Crippen LogP contribution in [0.4, 0.5) is 10.1 Å². The molecule has 0 aliphatic rings. The minimum Gasteiger partial charge on any atom is -0.481 e. The van der Waals surface area contributed by atoms with Crippen LogP contribution in [-0.4, -0.2) is 30.0 Å². The zero-order valence-electron chi connectivity index (χ0n) is 16.7. The number of esters is 1. The monoisotopic (exact) mass is 418 g/mol. The van der Waals surface area contributed by atoms with Crippen molar-refractivity contribution in [2.75, 3.05) is 13.2 Å². The highest BCUT2D eigenvalue weighted by Gasteiger charge is 2.16. The summed E-state index contributed by atoms with van der Waals surface area (Å²) < 4.78 is 23.9. The van der Waals surface area contributed by atoms with Crippen molar-refractivity contribution in [3.05, 3.63) is 69.5 Å². The first-order valence-electron chi connectivity index (χ1n) is 9.35. The Hall–Kier alpha value is -3.49. The molecule has 0 saturated heterocycles. The van der Waals surface area contributed by atoms with Gasteiger partial charge in [-0.15, -0.1) is 0 Å². The van der Waals surface area contributed by atoms with Crippen LogP contribution in [0.25, 0.3) is 0 Å². The second-order valence-corrected chi connectivity index (χ2v) is 6.94. The molecule has 0 fully saturated rings. The van der Waals surface area contributed by atoms with Gasteiger partial charge in [-0.1, -0.05) is 26.0 Å². The van der Waals surface area contributed by atoms with Crippen molar-refractivity contribution in [2.45, 2.75) is 26.8 Å². The molecule has 2 aromatic carbocycles. The number of ether oxygens (including phenoxy) is 2. The van der Waals surface area contributed by atoms with Gasteiger partial charge in [0.1, 0.15) is 11.6 Å². The number of nitro groups is 1. The lowest BCUT2D eigenvalue weighted by Crippen LogP contribution is -2.24. The first kappa shape index (κ1) is 22.8. The molecule has 0 aliphatic carbocycles. The molecular weight excluding hydrogens is 395 g/mol. The normalized spacial score (nSPS) is 10.5. The molecular formula is C21H23FN2O6. The van der Waals surface area contributed by atoms with Crippen LogP contribution < -0.4 is 10.1 Å². The molecule has 1 N–H and O–H groups in total. The predicted molar refractivity (Wildman–Crippen MR) is 107 cm³/mol. The van der Waals surface area contributed by atoms with Gasteiger partial charge in [-0.3, -0.25) is 14.9 Å². The van der Waals surface area contributed by atoms with E-state index in [1.807, 2.05) is 13.8 Å². The summed E-state index contributed by atoms with van der Waals surface area (Å²) in [5, 5.41) is 13.4. The SMILES string of the molecule is CC(C)CCOC(=O)COc1cc(F)ccc1C(=O)NCc1cccc([N+](=O)[O-])c1. The molecule has 0 spiro atoms. The molecule has 160 valence electrons. The molecule has 0 radical (unpaired) electrons. The molecule has 1 amide bonds. The number of non-ortho nitro benzene ring substituents is 1. The Balaban J connectivity index is 1.99. The topological polar surface area (TPSA) is 108 Å². The van der Waals surface area contributed by atoms with Gasteiger partial charge in [0.25, 0.3) is 11.6 Å². The third kappa shape index (κ3) is 7.16. The van der Waals surface area contributed by atoms with Gasteiger partial charge < -0.3 is 14.8 Å². The number of benzene rings is 2. The fourth-order valence-electron chi connectivity index (χ4n) is 2.45. The highest BCUT2D eigenvalue weighted by atomic mass is 19.1. The Kier molecular flexibility index (Phi) is 8.28. The lowest BCUT2D eigenvalue weighted by molar-refractivity contribution is -0.384. The standard InChI is InChI=1S/C21H23FN2O6/c1-14(2)8-9-29-20(25)13-30-19-11-16(22)6-7-18(19)21(26)23-12-15-4-3-5-17(10-15)24(27)28/h3-7,10-11,14H,8-9,12-13H2,1-2H3,(H,23,26). The summed E-state index contributed by atoms with van der Waals surface area (Å²) in [5.41, 5.74) is 0.455. The Labute approximate surface area is 173 Å². The van der Waals surface area contributed by atoms with Gasteiger partial charge >= 0.3 is 5.97 Å². The van der Waals surface area contributed by atoms with E-state index in [1.165, 1.54) is 24.3 Å². The van der Waals surface area contributed by atoms with Crippen molar-refractivity contribution in [1.29, 1.82) is 0 Å². The maximum absolute atomic E-state index is 13.6. The lowest BCUT2D eigenvalue weighted by Gasteiger charge is -2.12. The van der Waals surface area contributed by atoms with Crippen molar-refractivity contribution in [2.24, 2.45) is 5.92 Å². The molecule has 0 aromatic heterocycles. The van der Waals surface area contributed by atoms with Crippen molar-refractivity contribution in [3.8, 4) is 5.75 Å². The van der Waals surface area contributed by atoms with Crippen LogP contribution in [0, 0.1) is 21.8 Å². The molecule has 0 heterocycles. The fourth-order valence-corrected chi connectivity index (χ4v) is 2.45. The zero-order valence-corrected chi connectivity index (χ0v) is 16.7. The number of halogens is 1. The van der Waals surface area contributed by atoms with Crippen LogP contribution >= 0.6 is 0 Å². The van der Waals surface area contributed by atoms with Gasteiger partial charge in [-0.2, -0.15) is 0 Å². The highest BCUT2D eigenvalue weighted by Crippen LogP contribution is 2.21. The number of nitrogens with zero attached hydrogens (tertiary/aromatic N) is 1. The average Bonchev–Trinajstić information content (AvgIpc) is 2.70. The van der Waals surface area contributed by atoms with Crippen LogP contribution in [0.5, 0.6) is 5.75 Å². The molecule has 0 saturated carbocycles. The average molecular weight is 418 g/mol. The second-order valence-electron chi connectivity index (χ2n) is 6.94. The smallest absolute Gasteiger partial charge is 0.344 e. The number of carbonyl (C=O) groups excluding carboxylic acids is 2. The first-order chi connectivity index (χ1) is 14.3. The zero-order chi connectivity index (χ0) is 22.1. The molecule has 0 atom stereocenters. The van der Waals surface area contributed by atoms with Gasteiger partial charge in [0.2, 0.25) is 0 Å². The van der Waals surface area contributed by atoms with E-state index in [9.17, 15) is 24.1 Å². The Morgan fingerprint density at radius 3 is 2.67 bits per heavy atom. The lowest BCUT2D eigenvalue weighted by atomic mass is 10.1. The van der Waals surface area contributed by atoms with Crippen molar-refractivity contribution in [3.63, 3.8) is 0 Å². The van der Waals surface area contributed by atoms with Crippen LogP contribution in [0.1, 0.15) is 36.2 Å². The van der Waals surface area contributed by atoms with E-state index in [0.717, 1.165) is 12.1 Å². The van der Waals surface area contributed by atoms with Crippen molar-refractivity contribution < 1.29 is 28.4 Å². The largest absolute Gasteiger partial charge is 0.481 e. The number of hydrogen-bond donors (Lipinski definition) is 1. The second kappa shape index (κ2) is 10.9. The van der Waals surface area contributed by atoms with Crippen LogP contribution in [0.3, 0.4) is 0 Å². The minimum absolute atomic E-state index is 0.0224. The van der Waals surface area contributed by atoms with E-state index in [-0.39, 0.29) is 30.2 Å². The molecule has 9 heteroatoms. The Morgan fingerprint density at radius 1 is 1.20 bits per heavy atom. The molecule has 0 aliphatic heterocycles. The Bertz CT molecular complexity index is 916. The number of hydrogen-bond acceptors (Lipinski definition) is 6. The van der Waals surface area contributed by atoms with Crippen molar-refractivity contribution >= 4 is 17.6 Å². The summed E-state index contributed by atoms with van der Waals surface area (Å²) in [5.74, 6) is -1.56. The number of nitrogens with one attached hydrogen (secondary N) is 1. The van der Waals surface area contributed by atoms with E-state index < -0.39 is 29.2 Å². The summed E-state index contributed by atoms with van der Waals surface area (Å²) in [7, 11) is 0. The van der Waals surface area contributed by atoms with Crippen molar-refractivity contribution in [1.82, 2.24) is 5.32 Å². The van der Waals surface area contributed by atoms with E-state index in [2.05, 4.69) is 5.32 Å². The predicted octanol–water partition coefficient (Wildman–Crippen LogP) is 3.63. The van der Waals surface area contributed by atoms with E-state index in [0.29, 0.717) is 17.9 Å². The summed E-state index contributed by atoms with van der Waals surface area (Å²) in [6.07, 6.45) is 0.705. The molecule has 8 nitrogen and oxygen atoms in total. The van der Waals surface area contributed by atoms with Gasteiger partial charge in [0.15, 0.2) is 6.61 Å². The van der Waals surface area contributed by atoms with Crippen LogP contribution in [0.15, 0.2) is 42.5 Å². The minimum atomic E-state index is -0.631. The fraction of sp³-hybridized carbons (Fsp3) is 0.333. The Morgan fingerprint density at radius 2 is 1.97 bits per heavy atom. The number of rotatable bonds is 10. The number of nitro benzene ring substituents is 1. The van der Waals surface area contributed by atoms with Gasteiger partial charge in [0, 0.05) is 24.7 Å². The summed E-state index contributed by atoms with van der Waals surface area (Å²) >= 11 is 0.